The summed E-state index contributed by atoms with van der Waals surface area (Å²) in [5.41, 5.74) is 2.85. The fraction of sp³-hybridized carbons (Fsp3) is 0.500. The van der Waals surface area contributed by atoms with Crippen molar-refractivity contribution in [3.63, 3.8) is 0 Å². The zero-order valence-corrected chi connectivity index (χ0v) is 11.2. The number of aryl methyl sites for hydroxylation is 2. The highest BCUT2D eigenvalue weighted by atomic mass is 35.5. The van der Waals surface area contributed by atoms with E-state index in [2.05, 4.69) is 0 Å². The second kappa shape index (κ2) is 4.79. The van der Waals surface area contributed by atoms with Crippen molar-refractivity contribution in [2.75, 3.05) is 6.61 Å². The fourth-order valence-corrected chi connectivity index (χ4v) is 2.50. The Kier molecular flexibility index (Phi) is 3.55. The molecule has 92 valence electrons. The van der Waals surface area contributed by atoms with Crippen LogP contribution in [0.25, 0.3) is 0 Å². The predicted octanol–water partition coefficient (Wildman–Crippen LogP) is 3.56. The summed E-state index contributed by atoms with van der Waals surface area (Å²) in [5.74, 6) is 0.0760. The summed E-state index contributed by atoms with van der Waals surface area (Å²) in [5, 5.41) is 0.553. The Balaban J connectivity index is 2.28. The van der Waals surface area contributed by atoms with Gasteiger partial charge in [-0.05, 0) is 50.5 Å². The number of hydrogen-bond donors (Lipinski definition) is 0. The molecule has 2 unspecified atom stereocenters. The minimum atomic E-state index is -0.0374. The first-order valence-corrected chi connectivity index (χ1v) is 6.29. The maximum absolute atomic E-state index is 12.3. The molecule has 2 nitrogen and oxygen atoms in total. The minimum Gasteiger partial charge on any atom is -0.378 e. The van der Waals surface area contributed by atoms with Crippen molar-refractivity contribution in [2.45, 2.75) is 33.3 Å². The van der Waals surface area contributed by atoms with Gasteiger partial charge in [-0.2, -0.15) is 0 Å². The zero-order valence-electron chi connectivity index (χ0n) is 10.4. The summed E-state index contributed by atoms with van der Waals surface area (Å²) in [4.78, 5) is 12.3. The van der Waals surface area contributed by atoms with Crippen LogP contribution in [0, 0.1) is 19.8 Å². The minimum absolute atomic E-state index is 0.0374. The van der Waals surface area contributed by atoms with Crippen LogP contribution in [-0.2, 0) is 4.74 Å². The highest BCUT2D eigenvalue weighted by Gasteiger charge is 2.30. The predicted molar refractivity (Wildman–Crippen MR) is 68.8 cm³/mol. The average molecular weight is 253 g/mol. The average Bonchev–Trinajstić information content (AvgIpc) is 2.69. The van der Waals surface area contributed by atoms with Gasteiger partial charge in [0.05, 0.1) is 17.7 Å². The van der Waals surface area contributed by atoms with Crippen molar-refractivity contribution in [3.05, 3.63) is 33.8 Å². The van der Waals surface area contributed by atoms with E-state index in [1.807, 2.05) is 32.9 Å². The molecule has 0 bridgehead atoms. The van der Waals surface area contributed by atoms with Gasteiger partial charge in [-0.1, -0.05) is 11.6 Å². The summed E-state index contributed by atoms with van der Waals surface area (Å²) >= 11 is 6.15. The summed E-state index contributed by atoms with van der Waals surface area (Å²) in [7, 11) is 0. The third-order valence-electron chi connectivity index (χ3n) is 3.42. The van der Waals surface area contributed by atoms with Crippen molar-refractivity contribution in [1.29, 1.82) is 0 Å². The van der Waals surface area contributed by atoms with Gasteiger partial charge in [0.15, 0.2) is 5.78 Å². The molecule has 1 fully saturated rings. The van der Waals surface area contributed by atoms with Gasteiger partial charge in [0, 0.05) is 11.5 Å². The Morgan fingerprint density at radius 3 is 2.59 bits per heavy atom. The third kappa shape index (κ3) is 2.53. The Bertz CT molecular complexity index is 454. The molecular weight excluding hydrogens is 236 g/mol. The summed E-state index contributed by atoms with van der Waals surface area (Å²) in [6, 6.07) is 3.76. The first-order chi connectivity index (χ1) is 7.99. The lowest BCUT2D eigenvalue weighted by Crippen LogP contribution is -2.15. The van der Waals surface area contributed by atoms with E-state index in [1.54, 1.807) is 0 Å². The van der Waals surface area contributed by atoms with E-state index in [0.717, 1.165) is 17.5 Å². The second-order valence-corrected chi connectivity index (χ2v) is 5.26. The Morgan fingerprint density at radius 2 is 2.00 bits per heavy atom. The SMILES string of the molecule is Cc1cc(Cl)c(C(=O)C2COC(C)C2)cc1C. The van der Waals surface area contributed by atoms with Gasteiger partial charge < -0.3 is 4.74 Å². The molecule has 1 aromatic rings. The van der Waals surface area contributed by atoms with Crippen LogP contribution in [0.3, 0.4) is 0 Å². The molecule has 1 aromatic carbocycles. The molecule has 2 rings (SSSR count). The molecular formula is C14H17ClO2. The molecule has 0 spiro atoms. The molecule has 0 saturated carbocycles. The highest BCUT2D eigenvalue weighted by Crippen LogP contribution is 2.28. The van der Waals surface area contributed by atoms with E-state index >= 15 is 0 Å². The lowest BCUT2D eigenvalue weighted by atomic mass is 9.93. The number of carbonyl (C=O) groups is 1. The molecule has 1 aliphatic heterocycles. The van der Waals surface area contributed by atoms with Crippen molar-refractivity contribution < 1.29 is 9.53 Å². The number of hydrogen-bond acceptors (Lipinski definition) is 2. The van der Waals surface area contributed by atoms with E-state index in [0.29, 0.717) is 17.2 Å². The van der Waals surface area contributed by atoms with Gasteiger partial charge in [0.2, 0.25) is 0 Å². The zero-order chi connectivity index (χ0) is 12.6. The van der Waals surface area contributed by atoms with Crippen molar-refractivity contribution in [3.8, 4) is 0 Å². The molecule has 17 heavy (non-hydrogen) atoms. The molecule has 2 atom stereocenters. The standard InChI is InChI=1S/C14H17ClO2/c1-8-4-12(13(15)5-9(8)2)14(16)11-6-10(3)17-7-11/h4-5,10-11H,6-7H2,1-3H3. The number of benzene rings is 1. The molecule has 0 aliphatic carbocycles. The van der Waals surface area contributed by atoms with E-state index in [-0.39, 0.29) is 17.8 Å². The number of rotatable bonds is 2. The highest BCUT2D eigenvalue weighted by molar-refractivity contribution is 6.34. The van der Waals surface area contributed by atoms with E-state index in [9.17, 15) is 4.79 Å². The Hall–Kier alpha value is -0.860. The van der Waals surface area contributed by atoms with Crippen LogP contribution in [-0.4, -0.2) is 18.5 Å². The molecule has 0 amide bonds. The van der Waals surface area contributed by atoms with Gasteiger partial charge in [-0.3, -0.25) is 4.79 Å². The van der Waals surface area contributed by atoms with Gasteiger partial charge in [-0.15, -0.1) is 0 Å². The fourth-order valence-electron chi connectivity index (χ4n) is 2.19. The summed E-state index contributed by atoms with van der Waals surface area (Å²) in [6.07, 6.45) is 0.969. The van der Waals surface area contributed by atoms with Crippen LogP contribution in [0.2, 0.25) is 5.02 Å². The van der Waals surface area contributed by atoms with Gasteiger partial charge in [0.25, 0.3) is 0 Å². The summed E-state index contributed by atoms with van der Waals surface area (Å²) in [6.45, 7) is 6.50. The number of ether oxygens (including phenoxy) is 1. The Labute approximate surface area is 107 Å². The molecule has 1 aliphatic rings. The van der Waals surface area contributed by atoms with Crippen molar-refractivity contribution in [1.82, 2.24) is 0 Å². The first kappa shape index (κ1) is 12.6. The van der Waals surface area contributed by atoms with Crippen LogP contribution in [0.1, 0.15) is 34.8 Å². The van der Waals surface area contributed by atoms with Crippen LogP contribution < -0.4 is 0 Å². The van der Waals surface area contributed by atoms with Crippen molar-refractivity contribution >= 4 is 17.4 Å². The molecule has 0 radical (unpaired) electrons. The maximum atomic E-state index is 12.3. The molecule has 0 N–H and O–H groups in total. The monoisotopic (exact) mass is 252 g/mol. The second-order valence-electron chi connectivity index (χ2n) is 4.86. The largest absolute Gasteiger partial charge is 0.378 e. The number of ketones is 1. The molecule has 1 saturated heterocycles. The number of halogens is 1. The van der Waals surface area contributed by atoms with E-state index in [1.165, 1.54) is 0 Å². The first-order valence-electron chi connectivity index (χ1n) is 5.91. The number of carbonyl (C=O) groups excluding carboxylic acids is 1. The molecule has 3 heteroatoms. The smallest absolute Gasteiger partial charge is 0.169 e. The van der Waals surface area contributed by atoms with E-state index in [4.69, 9.17) is 16.3 Å². The molecule has 0 aromatic heterocycles. The van der Waals surface area contributed by atoms with Gasteiger partial charge in [-0.25, -0.2) is 0 Å². The normalized spacial score (nSPS) is 24.0. The topological polar surface area (TPSA) is 26.3 Å². The quantitative estimate of drug-likeness (QED) is 0.753. The maximum Gasteiger partial charge on any atom is 0.169 e. The van der Waals surface area contributed by atoms with E-state index < -0.39 is 0 Å². The lowest BCUT2D eigenvalue weighted by Gasteiger charge is -2.11. The van der Waals surface area contributed by atoms with Crippen molar-refractivity contribution in [2.24, 2.45) is 5.92 Å². The van der Waals surface area contributed by atoms with Crippen LogP contribution >= 0.6 is 11.6 Å². The van der Waals surface area contributed by atoms with Gasteiger partial charge in [0.1, 0.15) is 0 Å². The third-order valence-corrected chi connectivity index (χ3v) is 3.73. The molecule has 1 heterocycles. The van der Waals surface area contributed by atoms with Crippen LogP contribution in [0.15, 0.2) is 12.1 Å². The van der Waals surface area contributed by atoms with Gasteiger partial charge >= 0.3 is 0 Å². The summed E-state index contributed by atoms with van der Waals surface area (Å²) < 4.78 is 5.44. The number of Topliss-reactive ketones (excluding diaryl/α,β-unsaturated/α-hetero) is 1. The van der Waals surface area contributed by atoms with Crippen LogP contribution in [0.4, 0.5) is 0 Å². The van der Waals surface area contributed by atoms with Crippen LogP contribution in [0.5, 0.6) is 0 Å². The Morgan fingerprint density at radius 1 is 1.35 bits per heavy atom. The lowest BCUT2D eigenvalue weighted by molar-refractivity contribution is 0.0877.